The average Bonchev–Trinajstić information content (AvgIpc) is 3.17. The molecule has 134 valence electrons. The topological polar surface area (TPSA) is 59.1 Å². The molecular formula is C20H21ClN4O. The molecule has 1 aliphatic heterocycles. The van der Waals surface area contributed by atoms with Crippen molar-refractivity contribution < 1.29 is 4.74 Å². The van der Waals surface area contributed by atoms with Crippen molar-refractivity contribution in [2.45, 2.75) is 25.9 Å². The van der Waals surface area contributed by atoms with Gasteiger partial charge in [-0.2, -0.15) is 4.98 Å². The van der Waals surface area contributed by atoms with Gasteiger partial charge in [0.05, 0.1) is 11.6 Å². The molecule has 1 unspecified atom stereocenters. The maximum Gasteiger partial charge on any atom is 0.229 e. The van der Waals surface area contributed by atoms with Crippen molar-refractivity contribution in [2.24, 2.45) is 0 Å². The molecule has 0 aliphatic carbocycles. The van der Waals surface area contributed by atoms with E-state index in [0.29, 0.717) is 11.0 Å². The van der Waals surface area contributed by atoms with E-state index >= 15 is 0 Å². The first kappa shape index (κ1) is 17.1. The lowest BCUT2D eigenvalue weighted by atomic mass is 10.2. The van der Waals surface area contributed by atoms with Gasteiger partial charge in [0.2, 0.25) is 5.95 Å². The smallest absolute Gasteiger partial charge is 0.229 e. The second-order valence-electron chi connectivity index (χ2n) is 6.47. The Hall–Kier alpha value is -2.37. The zero-order valence-electron chi connectivity index (χ0n) is 14.6. The van der Waals surface area contributed by atoms with Gasteiger partial charge in [-0.25, -0.2) is 4.98 Å². The Labute approximate surface area is 157 Å². The Morgan fingerprint density at radius 1 is 1.15 bits per heavy atom. The predicted molar refractivity (Wildman–Crippen MR) is 106 cm³/mol. The summed E-state index contributed by atoms with van der Waals surface area (Å²) in [5.74, 6) is 1.36. The van der Waals surface area contributed by atoms with Crippen LogP contribution in [0.3, 0.4) is 0 Å². The van der Waals surface area contributed by atoms with E-state index in [-0.39, 0.29) is 6.10 Å². The number of benzene rings is 2. The monoisotopic (exact) mass is 368 g/mol. The summed E-state index contributed by atoms with van der Waals surface area (Å²) in [5, 5.41) is 8.45. The molecule has 0 spiro atoms. The highest BCUT2D eigenvalue weighted by atomic mass is 35.5. The molecule has 0 saturated carbocycles. The largest absolute Gasteiger partial charge is 0.376 e. The molecule has 2 N–H and O–H groups in total. The van der Waals surface area contributed by atoms with E-state index in [1.165, 1.54) is 0 Å². The molecule has 0 amide bonds. The van der Waals surface area contributed by atoms with Gasteiger partial charge in [0.25, 0.3) is 0 Å². The van der Waals surface area contributed by atoms with Gasteiger partial charge in [-0.1, -0.05) is 29.8 Å². The summed E-state index contributed by atoms with van der Waals surface area (Å²) in [4.78, 5) is 9.34. The van der Waals surface area contributed by atoms with Gasteiger partial charge in [0, 0.05) is 29.2 Å². The Kier molecular flexibility index (Phi) is 4.91. The summed E-state index contributed by atoms with van der Waals surface area (Å²) in [7, 11) is 0. The molecule has 2 aromatic carbocycles. The maximum absolute atomic E-state index is 6.22. The van der Waals surface area contributed by atoms with E-state index in [4.69, 9.17) is 21.3 Å². The van der Waals surface area contributed by atoms with Gasteiger partial charge in [0.15, 0.2) is 0 Å². The fourth-order valence-electron chi connectivity index (χ4n) is 3.15. The number of fused-ring (bicyclic) bond motifs is 1. The molecule has 1 fully saturated rings. The molecule has 1 atom stereocenters. The minimum absolute atomic E-state index is 0.246. The van der Waals surface area contributed by atoms with Crippen LogP contribution in [0, 0.1) is 6.92 Å². The quantitative estimate of drug-likeness (QED) is 0.669. The van der Waals surface area contributed by atoms with Gasteiger partial charge >= 0.3 is 0 Å². The van der Waals surface area contributed by atoms with Crippen molar-refractivity contribution in [3.63, 3.8) is 0 Å². The van der Waals surface area contributed by atoms with Gasteiger partial charge in [-0.05, 0) is 49.6 Å². The molecule has 1 aliphatic rings. The third kappa shape index (κ3) is 3.59. The lowest BCUT2D eigenvalue weighted by molar-refractivity contribution is 0.120. The summed E-state index contributed by atoms with van der Waals surface area (Å²) in [6, 6.07) is 13.8. The van der Waals surface area contributed by atoms with E-state index < -0.39 is 0 Å². The van der Waals surface area contributed by atoms with E-state index in [9.17, 15) is 0 Å². The molecule has 1 aromatic heterocycles. The van der Waals surface area contributed by atoms with Crippen LogP contribution >= 0.6 is 11.6 Å². The molecule has 3 aromatic rings. The van der Waals surface area contributed by atoms with Crippen molar-refractivity contribution >= 4 is 40.0 Å². The SMILES string of the molecule is Cc1c(Cl)cccc1Nc1nc(NCC2CCCO2)c2ccccc2n1. The molecule has 5 nitrogen and oxygen atoms in total. The van der Waals surface area contributed by atoms with Crippen LogP contribution < -0.4 is 10.6 Å². The zero-order chi connectivity index (χ0) is 17.9. The number of anilines is 3. The highest BCUT2D eigenvalue weighted by molar-refractivity contribution is 6.31. The van der Waals surface area contributed by atoms with Crippen LogP contribution in [-0.2, 0) is 4.74 Å². The number of hydrogen-bond donors (Lipinski definition) is 2. The second-order valence-corrected chi connectivity index (χ2v) is 6.87. The molecule has 0 radical (unpaired) electrons. The number of nitrogens with one attached hydrogen (secondary N) is 2. The predicted octanol–water partition coefficient (Wildman–Crippen LogP) is 4.93. The number of aromatic nitrogens is 2. The summed E-state index contributed by atoms with van der Waals surface area (Å²) in [6.45, 7) is 3.57. The normalized spacial score (nSPS) is 16.8. The molecule has 26 heavy (non-hydrogen) atoms. The summed E-state index contributed by atoms with van der Waals surface area (Å²) < 4.78 is 5.71. The van der Waals surface area contributed by atoms with Crippen molar-refractivity contribution in [1.82, 2.24) is 9.97 Å². The van der Waals surface area contributed by atoms with Crippen LogP contribution in [0.15, 0.2) is 42.5 Å². The van der Waals surface area contributed by atoms with Crippen molar-refractivity contribution in [2.75, 3.05) is 23.8 Å². The molecule has 2 heterocycles. The molecular weight excluding hydrogens is 348 g/mol. The Morgan fingerprint density at radius 2 is 2.04 bits per heavy atom. The van der Waals surface area contributed by atoms with Crippen LogP contribution in [0.4, 0.5) is 17.5 Å². The number of para-hydroxylation sites is 1. The van der Waals surface area contributed by atoms with Crippen LogP contribution in [-0.4, -0.2) is 29.2 Å². The molecule has 4 rings (SSSR count). The minimum Gasteiger partial charge on any atom is -0.376 e. The number of ether oxygens (including phenoxy) is 1. The van der Waals surface area contributed by atoms with Gasteiger partial charge in [-0.15, -0.1) is 0 Å². The third-order valence-electron chi connectivity index (χ3n) is 4.64. The Balaban J connectivity index is 1.65. The first-order chi connectivity index (χ1) is 12.7. The summed E-state index contributed by atoms with van der Waals surface area (Å²) in [6.07, 6.45) is 2.45. The highest BCUT2D eigenvalue weighted by Crippen LogP contribution is 2.28. The fourth-order valence-corrected chi connectivity index (χ4v) is 3.32. The Bertz CT molecular complexity index is 925. The van der Waals surface area contributed by atoms with Crippen LogP contribution in [0.1, 0.15) is 18.4 Å². The standard InChI is InChI=1S/C20H21ClN4O/c1-13-16(21)8-4-10-17(13)23-20-24-18-9-3-2-7-15(18)19(25-20)22-12-14-6-5-11-26-14/h2-4,7-10,14H,5-6,11-12H2,1H3,(H2,22,23,24,25). The lowest BCUT2D eigenvalue weighted by Gasteiger charge is -2.15. The number of halogens is 1. The third-order valence-corrected chi connectivity index (χ3v) is 5.05. The summed E-state index contributed by atoms with van der Waals surface area (Å²) in [5.41, 5.74) is 2.76. The van der Waals surface area contributed by atoms with E-state index in [1.807, 2.05) is 49.4 Å². The zero-order valence-corrected chi connectivity index (χ0v) is 15.4. The van der Waals surface area contributed by atoms with E-state index in [2.05, 4.69) is 15.6 Å². The highest BCUT2D eigenvalue weighted by Gasteiger charge is 2.16. The summed E-state index contributed by atoms with van der Waals surface area (Å²) >= 11 is 6.22. The molecule has 0 bridgehead atoms. The van der Waals surface area contributed by atoms with Gasteiger partial charge < -0.3 is 15.4 Å². The van der Waals surface area contributed by atoms with Crippen LogP contribution in [0.2, 0.25) is 5.02 Å². The number of hydrogen-bond acceptors (Lipinski definition) is 5. The minimum atomic E-state index is 0.246. The molecule has 6 heteroatoms. The maximum atomic E-state index is 6.22. The molecule has 1 saturated heterocycles. The lowest BCUT2D eigenvalue weighted by Crippen LogP contribution is -2.19. The van der Waals surface area contributed by atoms with Crippen LogP contribution in [0.5, 0.6) is 0 Å². The first-order valence-corrected chi connectivity index (χ1v) is 9.23. The average molecular weight is 369 g/mol. The van der Waals surface area contributed by atoms with Crippen molar-refractivity contribution in [3.8, 4) is 0 Å². The van der Waals surface area contributed by atoms with Crippen molar-refractivity contribution in [3.05, 3.63) is 53.1 Å². The van der Waals surface area contributed by atoms with E-state index in [1.54, 1.807) is 0 Å². The second kappa shape index (κ2) is 7.48. The fraction of sp³-hybridized carbons (Fsp3) is 0.300. The Morgan fingerprint density at radius 3 is 2.88 bits per heavy atom. The van der Waals surface area contributed by atoms with E-state index in [0.717, 1.165) is 54.0 Å². The van der Waals surface area contributed by atoms with Crippen LogP contribution in [0.25, 0.3) is 10.9 Å². The first-order valence-electron chi connectivity index (χ1n) is 8.85. The van der Waals surface area contributed by atoms with Gasteiger partial charge in [0.1, 0.15) is 5.82 Å². The number of nitrogens with zero attached hydrogens (tertiary/aromatic N) is 2. The van der Waals surface area contributed by atoms with Crippen molar-refractivity contribution in [1.29, 1.82) is 0 Å². The van der Waals surface area contributed by atoms with Gasteiger partial charge in [-0.3, -0.25) is 0 Å². The number of rotatable bonds is 5.